The lowest BCUT2D eigenvalue weighted by Gasteiger charge is -2.09. The zero-order valence-corrected chi connectivity index (χ0v) is 13.2. The minimum Gasteiger partial charge on any atom is -0.393 e. The Hall–Kier alpha value is -1.89. The van der Waals surface area contributed by atoms with E-state index in [1.54, 1.807) is 4.68 Å². The van der Waals surface area contributed by atoms with Crippen LogP contribution in [-0.2, 0) is 12.7 Å². The van der Waals surface area contributed by atoms with Crippen LogP contribution in [0.1, 0.15) is 36.9 Å². The standard InChI is InChI=1S/C17H18F3N3O/c1-2-23-15(9-3-10(8-21-7-9)17(18,19)20)6-14(22-23)16-12-4-11(24)5-13(12)16/h3,6-8,11-13,16,24H,2,4-5H2,1H3. The predicted molar refractivity (Wildman–Crippen MR) is 81.1 cm³/mol. The number of nitrogens with zero attached hydrogens (tertiary/aromatic N) is 3. The molecule has 0 radical (unpaired) electrons. The molecule has 2 saturated carbocycles. The number of aliphatic hydroxyl groups excluding tert-OH is 1. The van der Waals surface area contributed by atoms with Gasteiger partial charge in [-0.05, 0) is 43.7 Å². The summed E-state index contributed by atoms with van der Waals surface area (Å²) in [4.78, 5) is 3.75. The highest BCUT2D eigenvalue weighted by molar-refractivity contribution is 5.60. The summed E-state index contributed by atoms with van der Waals surface area (Å²) in [5, 5.41) is 14.2. The van der Waals surface area contributed by atoms with Gasteiger partial charge in [-0.25, -0.2) is 0 Å². The van der Waals surface area contributed by atoms with Gasteiger partial charge in [-0.15, -0.1) is 0 Å². The van der Waals surface area contributed by atoms with Crippen molar-refractivity contribution in [2.75, 3.05) is 0 Å². The van der Waals surface area contributed by atoms with E-state index in [-0.39, 0.29) is 6.10 Å². The van der Waals surface area contributed by atoms with Gasteiger partial charge < -0.3 is 5.11 Å². The number of hydrogen-bond acceptors (Lipinski definition) is 3. The smallest absolute Gasteiger partial charge is 0.393 e. The molecule has 0 bridgehead atoms. The molecular formula is C17H18F3N3O. The van der Waals surface area contributed by atoms with E-state index in [1.807, 2.05) is 13.0 Å². The highest BCUT2D eigenvalue weighted by Gasteiger charge is 2.57. The Bertz CT molecular complexity index is 759. The lowest BCUT2D eigenvalue weighted by atomic mass is 10.1. The molecule has 4 nitrogen and oxygen atoms in total. The van der Waals surface area contributed by atoms with Crippen LogP contribution < -0.4 is 0 Å². The van der Waals surface area contributed by atoms with Crippen molar-refractivity contribution in [3.63, 3.8) is 0 Å². The Morgan fingerprint density at radius 2 is 1.92 bits per heavy atom. The number of aromatic nitrogens is 3. The Labute approximate surface area is 137 Å². The van der Waals surface area contributed by atoms with Gasteiger partial charge in [0, 0.05) is 30.4 Å². The van der Waals surface area contributed by atoms with Crippen molar-refractivity contribution in [1.82, 2.24) is 14.8 Å². The van der Waals surface area contributed by atoms with Crippen molar-refractivity contribution in [2.45, 2.75) is 44.5 Å². The highest BCUT2D eigenvalue weighted by Crippen LogP contribution is 2.62. The number of pyridine rings is 1. The Balaban J connectivity index is 1.67. The van der Waals surface area contributed by atoms with E-state index in [0.717, 1.165) is 30.8 Å². The molecule has 2 unspecified atom stereocenters. The number of alkyl halides is 3. The minimum absolute atomic E-state index is 0.211. The molecule has 0 saturated heterocycles. The fraction of sp³-hybridized carbons (Fsp3) is 0.529. The van der Waals surface area contributed by atoms with Crippen LogP contribution >= 0.6 is 0 Å². The number of fused-ring (bicyclic) bond motifs is 1. The van der Waals surface area contributed by atoms with Crippen LogP contribution in [0.4, 0.5) is 13.2 Å². The first-order valence-corrected chi connectivity index (χ1v) is 8.17. The number of aliphatic hydroxyl groups is 1. The second kappa shape index (κ2) is 5.31. The molecular weight excluding hydrogens is 319 g/mol. The second-order valence-corrected chi connectivity index (χ2v) is 6.71. The highest BCUT2D eigenvalue weighted by atomic mass is 19.4. The van der Waals surface area contributed by atoms with Crippen molar-refractivity contribution in [1.29, 1.82) is 0 Å². The third kappa shape index (κ3) is 2.51. The number of halogens is 3. The van der Waals surface area contributed by atoms with Crippen molar-refractivity contribution in [3.8, 4) is 11.3 Å². The summed E-state index contributed by atoms with van der Waals surface area (Å²) in [6, 6.07) is 3.01. The molecule has 1 N–H and O–H groups in total. The number of rotatable bonds is 3. The molecule has 2 heterocycles. The summed E-state index contributed by atoms with van der Waals surface area (Å²) >= 11 is 0. The number of aryl methyl sites for hydroxylation is 1. The van der Waals surface area contributed by atoms with Crippen LogP contribution in [0, 0.1) is 11.8 Å². The maximum absolute atomic E-state index is 12.9. The topological polar surface area (TPSA) is 50.9 Å². The third-order valence-corrected chi connectivity index (χ3v) is 5.22. The average Bonchev–Trinajstić information content (AvgIpc) is 2.89. The summed E-state index contributed by atoms with van der Waals surface area (Å²) in [6.07, 6.45) is -0.740. The molecule has 0 amide bonds. The predicted octanol–water partition coefficient (Wildman–Crippen LogP) is 3.47. The molecule has 0 spiro atoms. The zero-order chi connectivity index (χ0) is 17.1. The molecule has 0 aliphatic heterocycles. The minimum atomic E-state index is -4.41. The van der Waals surface area contributed by atoms with Crippen LogP contribution in [0.5, 0.6) is 0 Å². The summed E-state index contributed by atoms with van der Waals surface area (Å²) in [5.74, 6) is 1.26. The van der Waals surface area contributed by atoms with Crippen molar-refractivity contribution >= 4 is 0 Å². The fourth-order valence-corrected chi connectivity index (χ4v) is 4.06. The Morgan fingerprint density at radius 3 is 2.54 bits per heavy atom. The van der Waals surface area contributed by atoms with Crippen LogP contribution in [0.2, 0.25) is 0 Å². The largest absolute Gasteiger partial charge is 0.417 e. The second-order valence-electron chi connectivity index (χ2n) is 6.71. The van der Waals surface area contributed by atoms with Gasteiger partial charge in [0.25, 0.3) is 0 Å². The van der Waals surface area contributed by atoms with Crippen molar-refractivity contribution in [2.24, 2.45) is 11.8 Å². The monoisotopic (exact) mass is 337 g/mol. The van der Waals surface area contributed by atoms with Crippen molar-refractivity contribution in [3.05, 3.63) is 35.8 Å². The van der Waals surface area contributed by atoms with E-state index in [1.165, 1.54) is 6.20 Å². The molecule has 2 aliphatic rings. The molecule has 0 aromatic carbocycles. The molecule has 2 atom stereocenters. The number of hydrogen-bond donors (Lipinski definition) is 1. The van der Waals surface area contributed by atoms with Crippen LogP contribution in [0.15, 0.2) is 24.5 Å². The van der Waals surface area contributed by atoms with E-state index in [4.69, 9.17) is 0 Å². The Morgan fingerprint density at radius 1 is 1.21 bits per heavy atom. The van der Waals surface area contributed by atoms with E-state index in [0.29, 0.717) is 35.6 Å². The molecule has 2 aliphatic carbocycles. The van der Waals surface area contributed by atoms with E-state index in [2.05, 4.69) is 10.1 Å². The maximum Gasteiger partial charge on any atom is 0.417 e. The maximum atomic E-state index is 12.9. The molecule has 2 fully saturated rings. The lowest BCUT2D eigenvalue weighted by molar-refractivity contribution is -0.137. The first-order chi connectivity index (χ1) is 11.4. The van der Waals surface area contributed by atoms with Gasteiger partial charge in [-0.3, -0.25) is 9.67 Å². The van der Waals surface area contributed by atoms with E-state index in [9.17, 15) is 18.3 Å². The normalized spacial score (nSPS) is 28.9. The van der Waals surface area contributed by atoms with Gasteiger partial charge >= 0.3 is 6.18 Å². The first-order valence-electron chi connectivity index (χ1n) is 8.17. The lowest BCUT2D eigenvalue weighted by Crippen LogP contribution is -2.06. The first kappa shape index (κ1) is 15.6. The van der Waals surface area contributed by atoms with Gasteiger partial charge in [0.05, 0.1) is 23.1 Å². The summed E-state index contributed by atoms with van der Waals surface area (Å²) in [7, 11) is 0. The van der Waals surface area contributed by atoms with E-state index >= 15 is 0 Å². The van der Waals surface area contributed by atoms with Crippen LogP contribution in [-0.4, -0.2) is 26.0 Å². The quantitative estimate of drug-likeness (QED) is 0.933. The molecule has 7 heteroatoms. The molecule has 2 aromatic rings. The SMILES string of the molecule is CCn1nc(C2C3CC(O)CC32)cc1-c1cncc(C(F)(F)F)c1. The Kier molecular flexibility index (Phi) is 3.46. The van der Waals surface area contributed by atoms with Gasteiger partial charge in [0.2, 0.25) is 0 Å². The van der Waals surface area contributed by atoms with Gasteiger partial charge in [-0.1, -0.05) is 0 Å². The van der Waals surface area contributed by atoms with Crippen LogP contribution in [0.25, 0.3) is 11.3 Å². The molecule has 4 rings (SSSR count). The molecule has 128 valence electrons. The zero-order valence-electron chi connectivity index (χ0n) is 13.2. The molecule has 2 aromatic heterocycles. The molecule has 24 heavy (non-hydrogen) atoms. The summed E-state index contributed by atoms with van der Waals surface area (Å²) in [5.41, 5.74) is 1.26. The van der Waals surface area contributed by atoms with E-state index < -0.39 is 11.7 Å². The van der Waals surface area contributed by atoms with Gasteiger partial charge in [-0.2, -0.15) is 18.3 Å². The van der Waals surface area contributed by atoms with Gasteiger partial charge in [0.1, 0.15) is 0 Å². The summed E-state index contributed by atoms with van der Waals surface area (Å²) < 4.78 is 40.5. The van der Waals surface area contributed by atoms with Crippen LogP contribution in [0.3, 0.4) is 0 Å². The van der Waals surface area contributed by atoms with Gasteiger partial charge in [0.15, 0.2) is 0 Å². The summed E-state index contributed by atoms with van der Waals surface area (Å²) in [6.45, 7) is 2.50. The third-order valence-electron chi connectivity index (χ3n) is 5.22. The fourth-order valence-electron chi connectivity index (χ4n) is 4.06. The van der Waals surface area contributed by atoms with Crippen molar-refractivity contribution < 1.29 is 18.3 Å². The average molecular weight is 337 g/mol.